The third-order valence-electron chi connectivity index (χ3n) is 5.27. The standard InChI is InChI=1S/C25H21N3O2S/c1-3-30-17-12-10-16(11-13-17)22-15(2)31-25-23(22)24(26-14-27-25)28-20-8-4-7-19-18(20)6-5-9-21(19)29/h4-14,29H,3H2,1-2H3,(H,26,27,28). The summed E-state index contributed by atoms with van der Waals surface area (Å²) in [5.41, 5.74) is 3.10. The van der Waals surface area contributed by atoms with Crippen molar-refractivity contribution in [2.75, 3.05) is 11.9 Å². The molecular formula is C25H21N3O2S. The molecule has 0 radical (unpaired) electrons. The number of thiophene rings is 1. The maximum absolute atomic E-state index is 10.2. The molecule has 0 bridgehead atoms. The normalized spacial score (nSPS) is 11.2. The van der Waals surface area contributed by atoms with Crippen molar-refractivity contribution < 1.29 is 9.84 Å². The van der Waals surface area contributed by atoms with Crippen LogP contribution >= 0.6 is 11.3 Å². The van der Waals surface area contributed by atoms with Gasteiger partial charge in [-0.1, -0.05) is 36.4 Å². The number of aryl methyl sites for hydroxylation is 1. The van der Waals surface area contributed by atoms with Crippen LogP contribution in [0.2, 0.25) is 0 Å². The fourth-order valence-electron chi connectivity index (χ4n) is 3.90. The molecule has 6 heteroatoms. The van der Waals surface area contributed by atoms with Crippen molar-refractivity contribution in [2.24, 2.45) is 0 Å². The predicted octanol–water partition coefficient (Wildman–Crippen LogP) is 6.67. The Morgan fingerprint density at radius 2 is 1.74 bits per heavy atom. The molecule has 5 aromatic rings. The van der Waals surface area contributed by atoms with Gasteiger partial charge in [0.25, 0.3) is 0 Å². The zero-order valence-electron chi connectivity index (χ0n) is 17.2. The summed E-state index contributed by atoms with van der Waals surface area (Å²) in [5.74, 6) is 1.86. The zero-order chi connectivity index (χ0) is 21.4. The highest BCUT2D eigenvalue weighted by Gasteiger charge is 2.17. The van der Waals surface area contributed by atoms with E-state index in [0.717, 1.165) is 49.4 Å². The van der Waals surface area contributed by atoms with Crippen molar-refractivity contribution in [3.63, 3.8) is 0 Å². The number of hydrogen-bond donors (Lipinski definition) is 2. The first-order valence-electron chi connectivity index (χ1n) is 10.1. The molecule has 0 amide bonds. The first kappa shape index (κ1) is 19.3. The number of anilines is 2. The number of benzene rings is 3. The summed E-state index contributed by atoms with van der Waals surface area (Å²) in [6.07, 6.45) is 1.59. The molecule has 0 unspecified atom stereocenters. The van der Waals surface area contributed by atoms with Gasteiger partial charge in [-0.25, -0.2) is 9.97 Å². The lowest BCUT2D eigenvalue weighted by Gasteiger charge is -2.12. The number of aromatic nitrogens is 2. The minimum absolute atomic E-state index is 0.260. The lowest BCUT2D eigenvalue weighted by molar-refractivity contribution is 0.340. The summed E-state index contributed by atoms with van der Waals surface area (Å²) in [6.45, 7) is 4.73. The number of rotatable bonds is 5. The van der Waals surface area contributed by atoms with Crippen LogP contribution in [0.15, 0.2) is 67.0 Å². The lowest BCUT2D eigenvalue weighted by atomic mass is 10.0. The van der Waals surface area contributed by atoms with E-state index in [9.17, 15) is 5.11 Å². The van der Waals surface area contributed by atoms with E-state index >= 15 is 0 Å². The number of nitrogens with one attached hydrogen (secondary N) is 1. The molecule has 0 saturated carbocycles. The molecule has 5 rings (SSSR count). The van der Waals surface area contributed by atoms with E-state index in [4.69, 9.17) is 4.74 Å². The molecule has 0 spiro atoms. The maximum atomic E-state index is 10.2. The van der Waals surface area contributed by atoms with Crippen LogP contribution in [0, 0.1) is 6.92 Å². The van der Waals surface area contributed by atoms with Gasteiger partial charge in [0.05, 0.1) is 12.0 Å². The monoisotopic (exact) mass is 427 g/mol. The van der Waals surface area contributed by atoms with Crippen molar-refractivity contribution in [3.05, 3.63) is 71.9 Å². The van der Waals surface area contributed by atoms with Gasteiger partial charge in [-0.2, -0.15) is 0 Å². The molecule has 5 nitrogen and oxygen atoms in total. The number of aromatic hydroxyl groups is 1. The first-order chi connectivity index (χ1) is 15.2. The van der Waals surface area contributed by atoms with E-state index in [0.29, 0.717) is 6.61 Å². The second-order valence-corrected chi connectivity index (χ2v) is 8.40. The van der Waals surface area contributed by atoms with Crippen LogP contribution in [0.3, 0.4) is 0 Å². The molecule has 0 aliphatic heterocycles. The van der Waals surface area contributed by atoms with Gasteiger partial charge in [-0.3, -0.25) is 0 Å². The van der Waals surface area contributed by atoms with Gasteiger partial charge in [-0.15, -0.1) is 11.3 Å². The number of phenolic OH excluding ortho intramolecular Hbond substituents is 1. The molecule has 154 valence electrons. The summed E-state index contributed by atoms with van der Waals surface area (Å²) in [5, 5.41) is 16.4. The van der Waals surface area contributed by atoms with Crippen molar-refractivity contribution in [3.8, 4) is 22.6 Å². The highest BCUT2D eigenvalue weighted by molar-refractivity contribution is 7.19. The topological polar surface area (TPSA) is 67.3 Å². The summed E-state index contributed by atoms with van der Waals surface area (Å²) in [6, 6.07) is 19.5. The molecule has 2 aromatic heterocycles. The van der Waals surface area contributed by atoms with Gasteiger partial charge in [0.1, 0.15) is 28.5 Å². The van der Waals surface area contributed by atoms with Crippen molar-refractivity contribution in [1.82, 2.24) is 9.97 Å². The Morgan fingerprint density at radius 1 is 0.968 bits per heavy atom. The van der Waals surface area contributed by atoms with Crippen LogP contribution in [0.5, 0.6) is 11.5 Å². The van der Waals surface area contributed by atoms with Gasteiger partial charge < -0.3 is 15.2 Å². The first-order valence-corrected chi connectivity index (χ1v) is 10.9. The number of hydrogen-bond acceptors (Lipinski definition) is 6. The number of fused-ring (bicyclic) bond motifs is 2. The van der Waals surface area contributed by atoms with Crippen molar-refractivity contribution in [2.45, 2.75) is 13.8 Å². The Bertz CT molecular complexity index is 1390. The number of phenols is 1. The van der Waals surface area contributed by atoms with E-state index in [1.165, 1.54) is 4.88 Å². The van der Waals surface area contributed by atoms with Gasteiger partial charge in [0, 0.05) is 26.9 Å². The van der Waals surface area contributed by atoms with Crippen LogP contribution in [0.1, 0.15) is 11.8 Å². The quantitative estimate of drug-likeness (QED) is 0.328. The third kappa shape index (κ3) is 3.45. The molecule has 0 saturated heterocycles. The van der Waals surface area contributed by atoms with Crippen molar-refractivity contribution >= 4 is 43.8 Å². The average molecular weight is 428 g/mol. The summed E-state index contributed by atoms with van der Waals surface area (Å²) < 4.78 is 5.59. The predicted molar refractivity (Wildman–Crippen MR) is 128 cm³/mol. The van der Waals surface area contributed by atoms with E-state index in [-0.39, 0.29) is 5.75 Å². The van der Waals surface area contributed by atoms with Crippen LogP contribution in [0.25, 0.3) is 32.1 Å². The van der Waals surface area contributed by atoms with E-state index < -0.39 is 0 Å². The smallest absolute Gasteiger partial charge is 0.143 e. The van der Waals surface area contributed by atoms with E-state index in [1.807, 2.05) is 49.4 Å². The summed E-state index contributed by atoms with van der Waals surface area (Å²) in [4.78, 5) is 11.2. The number of ether oxygens (including phenoxy) is 1. The Balaban J connectivity index is 1.65. The summed E-state index contributed by atoms with van der Waals surface area (Å²) >= 11 is 1.66. The minimum Gasteiger partial charge on any atom is -0.507 e. The van der Waals surface area contributed by atoms with Crippen LogP contribution < -0.4 is 10.1 Å². The maximum Gasteiger partial charge on any atom is 0.143 e. The Kier molecular flexibility index (Phi) is 4.92. The second kappa shape index (κ2) is 7.89. The van der Waals surface area contributed by atoms with Crippen LogP contribution in [-0.4, -0.2) is 21.7 Å². The molecule has 3 aromatic carbocycles. The molecule has 2 N–H and O–H groups in total. The molecule has 0 atom stereocenters. The summed E-state index contributed by atoms with van der Waals surface area (Å²) in [7, 11) is 0. The Hall–Kier alpha value is -3.64. The average Bonchev–Trinajstić information content (AvgIpc) is 3.12. The van der Waals surface area contributed by atoms with Gasteiger partial charge in [0.2, 0.25) is 0 Å². The van der Waals surface area contributed by atoms with Gasteiger partial charge in [0.15, 0.2) is 0 Å². The van der Waals surface area contributed by atoms with E-state index in [2.05, 4.69) is 34.3 Å². The molecule has 31 heavy (non-hydrogen) atoms. The zero-order valence-corrected chi connectivity index (χ0v) is 18.0. The molecule has 0 aliphatic rings. The number of nitrogens with zero attached hydrogens (tertiary/aromatic N) is 2. The largest absolute Gasteiger partial charge is 0.507 e. The highest BCUT2D eigenvalue weighted by atomic mass is 32.1. The van der Waals surface area contributed by atoms with Crippen LogP contribution in [0.4, 0.5) is 11.5 Å². The molecule has 2 heterocycles. The molecule has 0 aliphatic carbocycles. The fraction of sp³-hybridized carbons (Fsp3) is 0.120. The van der Waals surface area contributed by atoms with Crippen LogP contribution in [-0.2, 0) is 0 Å². The second-order valence-electron chi connectivity index (χ2n) is 7.20. The SMILES string of the molecule is CCOc1ccc(-c2c(C)sc3ncnc(Nc4cccc5c(O)cccc45)c23)cc1. The minimum atomic E-state index is 0.260. The molecule has 0 fully saturated rings. The highest BCUT2D eigenvalue weighted by Crippen LogP contribution is 2.42. The van der Waals surface area contributed by atoms with Gasteiger partial charge in [-0.05, 0) is 43.7 Å². The van der Waals surface area contributed by atoms with Gasteiger partial charge >= 0.3 is 0 Å². The third-order valence-corrected chi connectivity index (χ3v) is 6.28. The molecular weight excluding hydrogens is 406 g/mol. The lowest BCUT2D eigenvalue weighted by Crippen LogP contribution is -1.96. The van der Waals surface area contributed by atoms with Crippen molar-refractivity contribution in [1.29, 1.82) is 0 Å². The van der Waals surface area contributed by atoms with E-state index in [1.54, 1.807) is 23.7 Å². The Labute approximate surface area is 184 Å². The Morgan fingerprint density at radius 3 is 2.55 bits per heavy atom. The fourth-order valence-corrected chi connectivity index (χ4v) is 4.91.